The first-order valence-electron chi connectivity index (χ1n) is 6.48. The molecule has 0 spiro atoms. The molecule has 0 aliphatic carbocycles. The highest BCUT2D eigenvalue weighted by atomic mass is 79.9. The molecule has 2 N–H and O–H groups in total. The largest absolute Gasteiger partial charge is 0.506 e. The fraction of sp³-hybridized carbons (Fsp3) is 0.571. The fourth-order valence-corrected chi connectivity index (χ4v) is 2.84. The molecule has 1 fully saturated rings. The highest BCUT2D eigenvalue weighted by Gasteiger charge is 2.22. The summed E-state index contributed by atoms with van der Waals surface area (Å²) in [6.45, 7) is 4.14. The SMILES string of the molecule is CC1CC(NCc2cccc(Br)c2O)CCN1C. The van der Waals surface area contributed by atoms with Gasteiger partial charge in [-0.2, -0.15) is 0 Å². The van der Waals surface area contributed by atoms with E-state index in [1.54, 1.807) is 0 Å². The van der Waals surface area contributed by atoms with Crippen molar-refractivity contribution in [1.29, 1.82) is 0 Å². The average Bonchev–Trinajstić information content (AvgIpc) is 2.35. The molecule has 1 aliphatic rings. The molecule has 0 radical (unpaired) electrons. The van der Waals surface area contributed by atoms with E-state index in [4.69, 9.17) is 0 Å². The molecule has 4 heteroatoms. The lowest BCUT2D eigenvalue weighted by Crippen LogP contribution is -2.45. The number of nitrogens with zero attached hydrogens (tertiary/aromatic N) is 1. The highest BCUT2D eigenvalue weighted by molar-refractivity contribution is 9.10. The van der Waals surface area contributed by atoms with Gasteiger partial charge in [-0.1, -0.05) is 12.1 Å². The number of hydrogen-bond acceptors (Lipinski definition) is 3. The smallest absolute Gasteiger partial charge is 0.134 e. The Morgan fingerprint density at radius 3 is 3.00 bits per heavy atom. The number of hydrogen-bond donors (Lipinski definition) is 2. The van der Waals surface area contributed by atoms with E-state index in [0.717, 1.165) is 23.1 Å². The number of phenolic OH excluding ortho intramolecular Hbond substituents is 1. The molecule has 1 aliphatic heterocycles. The van der Waals surface area contributed by atoms with Crippen LogP contribution in [0.4, 0.5) is 0 Å². The van der Waals surface area contributed by atoms with Gasteiger partial charge in [0.25, 0.3) is 0 Å². The van der Waals surface area contributed by atoms with E-state index >= 15 is 0 Å². The van der Waals surface area contributed by atoms with E-state index in [2.05, 4.69) is 40.1 Å². The molecule has 2 atom stereocenters. The first-order chi connectivity index (χ1) is 8.58. The molecule has 2 rings (SSSR count). The van der Waals surface area contributed by atoms with Crippen molar-refractivity contribution >= 4 is 15.9 Å². The average molecular weight is 313 g/mol. The standard InChI is InChI=1S/C14H21BrN2O/c1-10-8-12(6-7-17(10)2)16-9-11-4-3-5-13(15)14(11)18/h3-5,10,12,16,18H,6-9H2,1-2H3. The minimum absolute atomic E-state index is 0.353. The minimum Gasteiger partial charge on any atom is -0.506 e. The minimum atomic E-state index is 0.353. The van der Waals surface area contributed by atoms with Crippen LogP contribution in [0, 0.1) is 0 Å². The molecule has 1 saturated heterocycles. The van der Waals surface area contributed by atoms with Gasteiger partial charge in [-0.3, -0.25) is 0 Å². The molecule has 0 bridgehead atoms. The molecule has 1 aromatic rings. The first kappa shape index (κ1) is 13.8. The van der Waals surface area contributed by atoms with Gasteiger partial charge in [0, 0.05) is 24.2 Å². The molecule has 0 saturated carbocycles. The maximum Gasteiger partial charge on any atom is 0.134 e. The zero-order valence-electron chi connectivity index (χ0n) is 11.0. The van der Waals surface area contributed by atoms with E-state index in [1.807, 2.05) is 18.2 Å². The van der Waals surface area contributed by atoms with Crippen LogP contribution >= 0.6 is 15.9 Å². The molecular formula is C14H21BrN2O. The normalized spacial score (nSPS) is 25.3. The molecule has 100 valence electrons. The van der Waals surface area contributed by atoms with E-state index in [0.29, 0.717) is 17.8 Å². The number of halogens is 1. The number of rotatable bonds is 3. The summed E-state index contributed by atoms with van der Waals surface area (Å²) in [5.41, 5.74) is 0.955. The van der Waals surface area contributed by atoms with Gasteiger partial charge >= 0.3 is 0 Å². The van der Waals surface area contributed by atoms with Crippen molar-refractivity contribution in [3.63, 3.8) is 0 Å². The van der Waals surface area contributed by atoms with Crippen LogP contribution in [0.25, 0.3) is 0 Å². The monoisotopic (exact) mass is 312 g/mol. The summed E-state index contributed by atoms with van der Waals surface area (Å²) in [6.07, 6.45) is 2.35. The van der Waals surface area contributed by atoms with Crippen molar-refractivity contribution in [3.8, 4) is 5.75 Å². The number of aromatic hydroxyl groups is 1. The summed E-state index contributed by atoms with van der Waals surface area (Å²) >= 11 is 3.35. The van der Waals surface area contributed by atoms with Crippen molar-refractivity contribution in [2.45, 2.75) is 38.4 Å². The third kappa shape index (κ3) is 3.25. The topological polar surface area (TPSA) is 35.5 Å². The number of likely N-dealkylation sites (tertiary alicyclic amines) is 1. The molecular weight excluding hydrogens is 292 g/mol. The Morgan fingerprint density at radius 1 is 1.50 bits per heavy atom. The molecule has 0 amide bonds. The molecule has 2 unspecified atom stereocenters. The second-order valence-electron chi connectivity index (χ2n) is 5.18. The molecule has 0 aromatic heterocycles. The number of nitrogens with one attached hydrogen (secondary N) is 1. The van der Waals surface area contributed by atoms with E-state index in [9.17, 15) is 5.11 Å². The maximum absolute atomic E-state index is 9.93. The van der Waals surface area contributed by atoms with Crippen molar-refractivity contribution in [2.24, 2.45) is 0 Å². The third-order valence-corrected chi connectivity index (χ3v) is 4.50. The summed E-state index contributed by atoms with van der Waals surface area (Å²) in [5, 5.41) is 13.5. The summed E-state index contributed by atoms with van der Waals surface area (Å²) in [7, 11) is 2.18. The zero-order valence-corrected chi connectivity index (χ0v) is 12.6. The fourth-order valence-electron chi connectivity index (χ4n) is 2.43. The quantitative estimate of drug-likeness (QED) is 0.901. The highest BCUT2D eigenvalue weighted by Crippen LogP contribution is 2.27. The zero-order chi connectivity index (χ0) is 13.1. The Balaban J connectivity index is 1.90. The van der Waals surface area contributed by atoms with Crippen molar-refractivity contribution < 1.29 is 5.11 Å². The predicted octanol–water partition coefficient (Wildman–Crippen LogP) is 2.73. The van der Waals surface area contributed by atoms with Crippen LogP contribution in [0.1, 0.15) is 25.3 Å². The van der Waals surface area contributed by atoms with Gasteiger partial charge in [-0.25, -0.2) is 0 Å². The molecule has 1 heterocycles. The Kier molecular flexibility index (Phi) is 4.65. The Hall–Kier alpha value is -0.580. The van der Waals surface area contributed by atoms with Crippen LogP contribution in [0.2, 0.25) is 0 Å². The summed E-state index contributed by atoms with van der Waals surface area (Å²) in [4.78, 5) is 2.40. The van der Waals surface area contributed by atoms with Crippen LogP contribution < -0.4 is 5.32 Å². The van der Waals surface area contributed by atoms with Gasteiger partial charge in [-0.15, -0.1) is 0 Å². The summed E-state index contributed by atoms with van der Waals surface area (Å²) in [5.74, 6) is 0.353. The van der Waals surface area contributed by atoms with Crippen LogP contribution in [0.5, 0.6) is 5.75 Å². The van der Waals surface area contributed by atoms with E-state index in [-0.39, 0.29) is 0 Å². The van der Waals surface area contributed by atoms with Crippen molar-refractivity contribution in [3.05, 3.63) is 28.2 Å². The Bertz CT molecular complexity index is 411. The Labute approximate surface area is 117 Å². The lowest BCUT2D eigenvalue weighted by molar-refractivity contribution is 0.168. The van der Waals surface area contributed by atoms with Gasteiger partial charge in [0.1, 0.15) is 5.75 Å². The predicted molar refractivity (Wildman–Crippen MR) is 77.8 cm³/mol. The van der Waals surface area contributed by atoms with E-state index < -0.39 is 0 Å². The lowest BCUT2D eigenvalue weighted by atomic mass is 9.98. The summed E-state index contributed by atoms with van der Waals surface area (Å²) < 4.78 is 0.763. The first-order valence-corrected chi connectivity index (χ1v) is 7.27. The maximum atomic E-state index is 9.93. The number of phenols is 1. The van der Waals surface area contributed by atoms with Crippen LogP contribution in [0.3, 0.4) is 0 Å². The third-order valence-electron chi connectivity index (χ3n) is 3.86. The van der Waals surface area contributed by atoms with Gasteiger partial charge in [-0.05, 0) is 55.4 Å². The molecule has 18 heavy (non-hydrogen) atoms. The van der Waals surface area contributed by atoms with Crippen LogP contribution in [-0.2, 0) is 6.54 Å². The van der Waals surface area contributed by atoms with Crippen molar-refractivity contribution in [1.82, 2.24) is 10.2 Å². The van der Waals surface area contributed by atoms with Gasteiger partial charge in [0.05, 0.1) is 4.47 Å². The van der Waals surface area contributed by atoms with Gasteiger partial charge in [0.2, 0.25) is 0 Å². The van der Waals surface area contributed by atoms with Crippen LogP contribution in [-0.4, -0.2) is 35.7 Å². The molecule has 3 nitrogen and oxygen atoms in total. The lowest BCUT2D eigenvalue weighted by Gasteiger charge is -2.35. The number of benzene rings is 1. The number of piperidine rings is 1. The van der Waals surface area contributed by atoms with Crippen molar-refractivity contribution in [2.75, 3.05) is 13.6 Å². The Morgan fingerprint density at radius 2 is 2.28 bits per heavy atom. The summed E-state index contributed by atoms with van der Waals surface area (Å²) in [6, 6.07) is 6.96. The van der Waals surface area contributed by atoms with Gasteiger partial charge in [0.15, 0.2) is 0 Å². The second-order valence-corrected chi connectivity index (χ2v) is 6.03. The second kappa shape index (κ2) is 6.04. The van der Waals surface area contributed by atoms with Crippen LogP contribution in [0.15, 0.2) is 22.7 Å². The molecule has 1 aromatic carbocycles. The van der Waals surface area contributed by atoms with Gasteiger partial charge < -0.3 is 15.3 Å². The number of para-hydroxylation sites is 1. The van der Waals surface area contributed by atoms with E-state index in [1.165, 1.54) is 12.8 Å².